The van der Waals surface area contributed by atoms with Gasteiger partial charge in [0.25, 0.3) is 0 Å². The molecule has 1 saturated heterocycles. The van der Waals surface area contributed by atoms with Crippen LogP contribution >= 0.6 is 0 Å². The highest BCUT2D eigenvalue weighted by Gasteiger charge is 2.22. The molecule has 12 heavy (non-hydrogen) atoms. The summed E-state index contributed by atoms with van der Waals surface area (Å²) in [5, 5.41) is 0. The molecule has 0 aromatic carbocycles. The van der Waals surface area contributed by atoms with Gasteiger partial charge in [-0.2, -0.15) is 0 Å². The SMILES string of the molecule is C[C@@H]1CCCN(C(=O)[C@@H](C)N)C1. The molecule has 0 radical (unpaired) electrons. The maximum Gasteiger partial charge on any atom is 0.239 e. The first-order chi connectivity index (χ1) is 5.61. The fourth-order valence-electron chi connectivity index (χ4n) is 1.68. The van der Waals surface area contributed by atoms with Crippen molar-refractivity contribution in [2.75, 3.05) is 13.1 Å². The Morgan fingerprint density at radius 2 is 2.33 bits per heavy atom. The molecule has 2 atom stereocenters. The largest absolute Gasteiger partial charge is 0.341 e. The highest BCUT2D eigenvalue weighted by molar-refractivity contribution is 5.81. The Morgan fingerprint density at radius 3 is 2.83 bits per heavy atom. The van der Waals surface area contributed by atoms with Crippen molar-refractivity contribution in [1.82, 2.24) is 4.90 Å². The highest BCUT2D eigenvalue weighted by atomic mass is 16.2. The molecule has 0 spiro atoms. The third-order valence-corrected chi connectivity index (χ3v) is 2.36. The van der Waals surface area contributed by atoms with Crippen LogP contribution in [0.15, 0.2) is 0 Å². The number of piperidine rings is 1. The number of hydrogen-bond acceptors (Lipinski definition) is 2. The van der Waals surface area contributed by atoms with Crippen molar-refractivity contribution in [3.8, 4) is 0 Å². The zero-order valence-corrected chi connectivity index (χ0v) is 7.92. The van der Waals surface area contributed by atoms with Crippen molar-refractivity contribution in [3.05, 3.63) is 0 Å². The number of likely N-dealkylation sites (tertiary alicyclic amines) is 1. The molecule has 0 bridgehead atoms. The lowest BCUT2D eigenvalue weighted by Crippen LogP contribution is -2.46. The molecule has 3 nitrogen and oxygen atoms in total. The monoisotopic (exact) mass is 170 g/mol. The topological polar surface area (TPSA) is 46.3 Å². The second kappa shape index (κ2) is 3.90. The van der Waals surface area contributed by atoms with Crippen LogP contribution in [-0.2, 0) is 4.79 Å². The van der Waals surface area contributed by atoms with Gasteiger partial charge in [0.2, 0.25) is 5.91 Å². The van der Waals surface area contributed by atoms with Crippen molar-refractivity contribution >= 4 is 5.91 Å². The van der Waals surface area contributed by atoms with E-state index in [-0.39, 0.29) is 11.9 Å². The van der Waals surface area contributed by atoms with E-state index >= 15 is 0 Å². The maximum atomic E-state index is 11.4. The predicted octanol–water partition coefficient (Wildman–Crippen LogP) is 0.592. The molecule has 0 aromatic rings. The van der Waals surface area contributed by atoms with Gasteiger partial charge in [-0.3, -0.25) is 4.79 Å². The summed E-state index contributed by atoms with van der Waals surface area (Å²) in [6, 6.07) is -0.338. The standard InChI is InChI=1S/C9H18N2O/c1-7-4-3-5-11(6-7)9(12)8(2)10/h7-8H,3-6,10H2,1-2H3/t7-,8-/m1/s1. The van der Waals surface area contributed by atoms with Crippen molar-refractivity contribution in [2.24, 2.45) is 11.7 Å². The van der Waals surface area contributed by atoms with E-state index in [1.807, 2.05) is 4.90 Å². The quantitative estimate of drug-likeness (QED) is 0.626. The molecular formula is C9H18N2O. The second-order valence-electron chi connectivity index (χ2n) is 3.82. The van der Waals surface area contributed by atoms with Crippen LogP contribution in [0.5, 0.6) is 0 Å². The molecule has 1 heterocycles. The summed E-state index contributed by atoms with van der Waals surface area (Å²) in [7, 11) is 0. The predicted molar refractivity (Wildman–Crippen MR) is 48.6 cm³/mol. The fraction of sp³-hybridized carbons (Fsp3) is 0.889. The van der Waals surface area contributed by atoms with Crippen molar-refractivity contribution < 1.29 is 4.79 Å². The lowest BCUT2D eigenvalue weighted by atomic mass is 10.00. The van der Waals surface area contributed by atoms with Crippen LogP contribution in [0.3, 0.4) is 0 Å². The molecule has 0 aliphatic carbocycles. The summed E-state index contributed by atoms with van der Waals surface area (Å²) in [5.74, 6) is 0.739. The Kier molecular flexibility index (Phi) is 3.09. The smallest absolute Gasteiger partial charge is 0.239 e. The van der Waals surface area contributed by atoms with Gasteiger partial charge in [0, 0.05) is 13.1 Å². The van der Waals surface area contributed by atoms with E-state index in [1.54, 1.807) is 6.92 Å². The minimum atomic E-state index is -0.338. The Morgan fingerprint density at radius 1 is 1.67 bits per heavy atom. The Bertz CT molecular complexity index is 168. The van der Waals surface area contributed by atoms with Crippen LogP contribution in [0.25, 0.3) is 0 Å². The second-order valence-corrected chi connectivity index (χ2v) is 3.82. The summed E-state index contributed by atoms with van der Waals surface area (Å²) in [5.41, 5.74) is 5.52. The molecule has 2 N–H and O–H groups in total. The van der Waals surface area contributed by atoms with E-state index in [9.17, 15) is 4.79 Å². The van der Waals surface area contributed by atoms with Crippen molar-refractivity contribution in [1.29, 1.82) is 0 Å². The van der Waals surface area contributed by atoms with E-state index in [2.05, 4.69) is 6.92 Å². The number of carbonyl (C=O) groups excluding carboxylic acids is 1. The van der Waals surface area contributed by atoms with Gasteiger partial charge in [0.1, 0.15) is 0 Å². The van der Waals surface area contributed by atoms with E-state index in [0.29, 0.717) is 5.92 Å². The lowest BCUT2D eigenvalue weighted by molar-refractivity contribution is -0.133. The summed E-state index contributed by atoms with van der Waals surface area (Å²) in [6.07, 6.45) is 2.36. The molecule has 1 rings (SSSR count). The molecule has 70 valence electrons. The van der Waals surface area contributed by atoms with Crippen molar-refractivity contribution in [3.63, 3.8) is 0 Å². The molecule has 1 amide bonds. The molecule has 0 unspecified atom stereocenters. The molecule has 1 fully saturated rings. The molecule has 1 aliphatic heterocycles. The number of carbonyl (C=O) groups is 1. The normalized spacial score (nSPS) is 26.9. The minimum absolute atomic E-state index is 0.0987. The van der Waals surface area contributed by atoms with Gasteiger partial charge in [-0.1, -0.05) is 6.92 Å². The van der Waals surface area contributed by atoms with Gasteiger partial charge in [0.05, 0.1) is 6.04 Å². The first kappa shape index (κ1) is 9.52. The number of nitrogens with two attached hydrogens (primary N) is 1. The van der Waals surface area contributed by atoms with Crippen LogP contribution in [0, 0.1) is 5.92 Å². The first-order valence-corrected chi connectivity index (χ1v) is 4.65. The third kappa shape index (κ3) is 2.21. The average Bonchev–Trinajstić information content (AvgIpc) is 2.03. The molecule has 0 aromatic heterocycles. The number of rotatable bonds is 1. The highest BCUT2D eigenvalue weighted by Crippen LogP contribution is 2.15. The number of nitrogens with zero attached hydrogens (tertiary/aromatic N) is 1. The average molecular weight is 170 g/mol. The minimum Gasteiger partial charge on any atom is -0.341 e. The van der Waals surface area contributed by atoms with Crippen LogP contribution < -0.4 is 5.73 Å². The van der Waals surface area contributed by atoms with Gasteiger partial charge in [-0.05, 0) is 25.7 Å². The van der Waals surface area contributed by atoms with E-state index < -0.39 is 0 Å². The van der Waals surface area contributed by atoms with Gasteiger partial charge in [-0.15, -0.1) is 0 Å². The van der Waals surface area contributed by atoms with Crippen molar-refractivity contribution in [2.45, 2.75) is 32.7 Å². The summed E-state index contributed by atoms with van der Waals surface area (Å²) in [4.78, 5) is 13.3. The number of amides is 1. The maximum absolute atomic E-state index is 11.4. The van der Waals surface area contributed by atoms with Crippen LogP contribution in [-0.4, -0.2) is 29.9 Å². The van der Waals surface area contributed by atoms with Crippen LogP contribution in [0.1, 0.15) is 26.7 Å². The van der Waals surface area contributed by atoms with E-state index in [1.165, 1.54) is 6.42 Å². The number of hydrogen-bond donors (Lipinski definition) is 1. The fourth-order valence-corrected chi connectivity index (χ4v) is 1.68. The molecule has 0 saturated carbocycles. The van der Waals surface area contributed by atoms with E-state index in [0.717, 1.165) is 19.5 Å². The summed E-state index contributed by atoms with van der Waals surface area (Å²) in [6.45, 7) is 5.72. The Balaban J connectivity index is 2.46. The van der Waals surface area contributed by atoms with Crippen LogP contribution in [0.2, 0.25) is 0 Å². The van der Waals surface area contributed by atoms with Gasteiger partial charge < -0.3 is 10.6 Å². The molecular weight excluding hydrogens is 152 g/mol. The third-order valence-electron chi connectivity index (χ3n) is 2.36. The summed E-state index contributed by atoms with van der Waals surface area (Å²) < 4.78 is 0. The van der Waals surface area contributed by atoms with Gasteiger partial charge in [-0.25, -0.2) is 0 Å². The zero-order valence-electron chi connectivity index (χ0n) is 7.92. The zero-order chi connectivity index (χ0) is 9.14. The lowest BCUT2D eigenvalue weighted by Gasteiger charge is -2.31. The summed E-state index contributed by atoms with van der Waals surface area (Å²) >= 11 is 0. The molecule has 1 aliphatic rings. The Labute approximate surface area is 73.9 Å². The van der Waals surface area contributed by atoms with Crippen LogP contribution in [0.4, 0.5) is 0 Å². The van der Waals surface area contributed by atoms with E-state index in [4.69, 9.17) is 5.73 Å². The molecule has 3 heteroatoms. The van der Waals surface area contributed by atoms with Gasteiger partial charge in [0.15, 0.2) is 0 Å². The van der Waals surface area contributed by atoms with Gasteiger partial charge >= 0.3 is 0 Å². The first-order valence-electron chi connectivity index (χ1n) is 4.65. The Hall–Kier alpha value is -0.570.